The standard InChI is InChI=1S/C22H26N2O7S/c1-29-18-9-15(10-19(12-18)30-2)13-23(14-21(25)31-3)22(26)17-5-6-20-16(11-17)7-8-24(20)32(4,27)28/h5-6,9-12H,7-8,13-14H2,1-4H3. The fourth-order valence-electron chi connectivity index (χ4n) is 3.63. The molecule has 1 aliphatic heterocycles. The summed E-state index contributed by atoms with van der Waals surface area (Å²) in [6, 6.07) is 10.1. The van der Waals surface area contributed by atoms with Crippen LogP contribution in [0.15, 0.2) is 36.4 Å². The van der Waals surface area contributed by atoms with Crippen molar-refractivity contribution in [1.29, 1.82) is 0 Å². The maximum absolute atomic E-state index is 13.3. The fraction of sp³-hybridized carbons (Fsp3) is 0.364. The second-order valence-corrected chi connectivity index (χ2v) is 9.29. The van der Waals surface area contributed by atoms with E-state index in [0.717, 1.165) is 11.8 Å². The molecule has 2 aromatic rings. The topological polar surface area (TPSA) is 102 Å². The third kappa shape index (κ3) is 5.13. The van der Waals surface area contributed by atoms with Gasteiger partial charge in [-0.1, -0.05) is 0 Å². The van der Waals surface area contributed by atoms with Crippen molar-refractivity contribution in [2.24, 2.45) is 0 Å². The summed E-state index contributed by atoms with van der Waals surface area (Å²) >= 11 is 0. The van der Waals surface area contributed by atoms with Crippen molar-refractivity contribution in [3.8, 4) is 11.5 Å². The van der Waals surface area contributed by atoms with Crippen LogP contribution in [-0.4, -0.2) is 65.9 Å². The van der Waals surface area contributed by atoms with Crippen LogP contribution >= 0.6 is 0 Å². The Balaban J connectivity index is 1.91. The fourth-order valence-corrected chi connectivity index (χ4v) is 4.59. The summed E-state index contributed by atoms with van der Waals surface area (Å²) in [7, 11) is 0.929. The average Bonchev–Trinajstić information content (AvgIpc) is 3.21. The predicted molar refractivity (Wildman–Crippen MR) is 119 cm³/mol. The molecule has 0 saturated heterocycles. The maximum atomic E-state index is 13.3. The minimum atomic E-state index is -3.39. The molecule has 1 amide bonds. The van der Waals surface area contributed by atoms with Crippen molar-refractivity contribution >= 4 is 27.6 Å². The number of benzene rings is 2. The molecule has 10 heteroatoms. The van der Waals surface area contributed by atoms with Gasteiger partial charge in [0.2, 0.25) is 10.0 Å². The van der Waals surface area contributed by atoms with Gasteiger partial charge in [-0.15, -0.1) is 0 Å². The van der Waals surface area contributed by atoms with Crippen LogP contribution in [0.5, 0.6) is 11.5 Å². The summed E-state index contributed by atoms with van der Waals surface area (Å²) in [5, 5.41) is 0. The molecule has 0 bridgehead atoms. The normalized spacial score (nSPS) is 12.8. The van der Waals surface area contributed by atoms with E-state index in [1.807, 2.05) is 0 Å². The molecule has 0 saturated carbocycles. The average molecular weight is 463 g/mol. The molecule has 0 fully saturated rings. The van der Waals surface area contributed by atoms with Gasteiger partial charge < -0.3 is 19.1 Å². The van der Waals surface area contributed by atoms with Gasteiger partial charge in [-0.2, -0.15) is 0 Å². The monoisotopic (exact) mass is 462 g/mol. The van der Waals surface area contributed by atoms with Crippen molar-refractivity contribution in [3.05, 3.63) is 53.1 Å². The Bertz CT molecular complexity index is 1110. The minimum Gasteiger partial charge on any atom is -0.497 e. The van der Waals surface area contributed by atoms with Crippen LogP contribution in [0, 0.1) is 0 Å². The zero-order chi connectivity index (χ0) is 23.5. The van der Waals surface area contributed by atoms with E-state index in [4.69, 9.17) is 14.2 Å². The number of methoxy groups -OCH3 is 3. The van der Waals surface area contributed by atoms with Crippen molar-refractivity contribution in [2.45, 2.75) is 13.0 Å². The molecular formula is C22H26N2O7S. The Hall–Kier alpha value is -3.27. The van der Waals surface area contributed by atoms with E-state index in [2.05, 4.69) is 0 Å². The highest BCUT2D eigenvalue weighted by Crippen LogP contribution is 2.31. The number of esters is 1. The number of fused-ring (bicyclic) bond motifs is 1. The first-order chi connectivity index (χ1) is 15.2. The molecule has 9 nitrogen and oxygen atoms in total. The number of nitrogens with zero attached hydrogens (tertiary/aromatic N) is 2. The number of sulfonamides is 1. The molecular weight excluding hydrogens is 436 g/mol. The molecule has 2 aromatic carbocycles. The Morgan fingerprint density at radius 3 is 2.25 bits per heavy atom. The SMILES string of the molecule is COC(=O)CN(Cc1cc(OC)cc(OC)c1)C(=O)c1ccc2c(c1)CCN2S(C)(=O)=O. The van der Waals surface area contributed by atoms with E-state index in [9.17, 15) is 18.0 Å². The number of anilines is 1. The zero-order valence-corrected chi connectivity index (χ0v) is 19.3. The number of hydrogen-bond acceptors (Lipinski definition) is 7. The molecule has 0 atom stereocenters. The summed E-state index contributed by atoms with van der Waals surface area (Å²) < 4.78 is 40.6. The van der Waals surface area contributed by atoms with Crippen molar-refractivity contribution < 1.29 is 32.2 Å². The number of rotatable bonds is 8. The highest BCUT2D eigenvalue weighted by atomic mass is 32.2. The van der Waals surface area contributed by atoms with E-state index in [-0.39, 0.29) is 19.0 Å². The van der Waals surface area contributed by atoms with Gasteiger partial charge in [0, 0.05) is 24.7 Å². The maximum Gasteiger partial charge on any atom is 0.325 e. The zero-order valence-electron chi connectivity index (χ0n) is 18.5. The second-order valence-electron chi connectivity index (χ2n) is 7.39. The van der Waals surface area contributed by atoms with Crippen molar-refractivity contribution in [2.75, 3.05) is 45.0 Å². The molecule has 1 aliphatic rings. The molecule has 3 rings (SSSR count). The molecule has 32 heavy (non-hydrogen) atoms. The Labute approximate surface area is 187 Å². The van der Waals surface area contributed by atoms with Crippen molar-refractivity contribution in [1.82, 2.24) is 4.90 Å². The number of amides is 1. The third-order valence-corrected chi connectivity index (χ3v) is 6.38. The smallest absolute Gasteiger partial charge is 0.325 e. The highest BCUT2D eigenvalue weighted by molar-refractivity contribution is 7.92. The van der Waals surface area contributed by atoms with Gasteiger partial charge in [0.15, 0.2) is 0 Å². The Morgan fingerprint density at radius 2 is 1.69 bits per heavy atom. The summed E-state index contributed by atoms with van der Waals surface area (Å²) in [6.07, 6.45) is 1.66. The van der Waals surface area contributed by atoms with Crippen LogP contribution in [-0.2, 0) is 32.5 Å². The highest BCUT2D eigenvalue weighted by Gasteiger charge is 2.28. The Morgan fingerprint density at radius 1 is 1.03 bits per heavy atom. The lowest BCUT2D eigenvalue weighted by Gasteiger charge is -2.23. The van der Waals surface area contributed by atoms with E-state index < -0.39 is 16.0 Å². The van der Waals surface area contributed by atoms with Gasteiger partial charge in [0.05, 0.1) is 33.3 Å². The first kappa shape index (κ1) is 23.4. The largest absolute Gasteiger partial charge is 0.497 e. The van der Waals surface area contributed by atoms with Gasteiger partial charge in [-0.3, -0.25) is 13.9 Å². The lowest BCUT2D eigenvalue weighted by atomic mass is 10.1. The molecule has 1 heterocycles. The molecule has 0 radical (unpaired) electrons. The van der Waals surface area contributed by atoms with Gasteiger partial charge >= 0.3 is 5.97 Å². The Kier molecular flexibility index (Phi) is 6.93. The van der Waals surface area contributed by atoms with Gasteiger partial charge in [-0.25, -0.2) is 8.42 Å². The van der Waals surface area contributed by atoms with Crippen LogP contribution in [0.4, 0.5) is 5.69 Å². The molecule has 0 unspecified atom stereocenters. The lowest BCUT2D eigenvalue weighted by Crippen LogP contribution is -2.35. The molecule has 0 aromatic heterocycles. The second kappa shape index (κ2) is 9.47. The number of hydrogen-bond donors (Lipinski definition) is 0. The van der Waals surface area contributed by atoms with E-state index >= 15 is 0 Å². The van der Waals surface area contributed by atoms with Crippen LogP contribution in [0.2, 0.25) is 0 Å². The number of carbonyl (C=O) groups is 2. The van der Waals surface area contributed by atoms with E-state index in [1.54, 1.807) is 36.4 Å². The summed E-state index contributed by atoms with van der Waals surface area (Å²) in [5.74, 6) is 0.182. The van der Waals surface area contributed by atoms with Crippen LogP contribution in [0.3, 0.4) is 0 Å². The van der Waals surface area contributed by atoms with Crippen molar-refractivity contribution in [3.63, 3.8) is 0 Å². The minimum absolute atomic E-state index is 0.119. The number of ether oxygens (including phenoxy) is 3. The first-order valence-electron chi connectivity index (χ1n) is 9.85. The van der Waals surface area contributed by atoms with Crippen LogP contribution in [0.25, 0.3) is 0 Å². The lowest BCUT2D eigenvalue weighted by molar-refractivity contribution is -0.141. The molecule has 0 aliphatic carbocycles. The first-order valence-corrected chi connectivity index (χ1v) is 11.7. The van der Waals surface area contributed by atoms with E-state index in [1.165, 1.54) is 30.5 Å². The summed E-state index contributed by atoms with van der Waals surface area (Å²) in [6.45, 7) is 0.205. The predicted octanol–water partition coefficient (Wildman–Crippen LogP) is 1.84. The van der Waals surface area contributed by atoms with Gasteiger partial charge in [0.25, 0.3) is 5.91 Å². The summed E-state index contributed by atoms with van der Waals surface area (Å²) in [5.41, 5.74) is 2.41. The van der Waals surface area contributed by atoms with Gasteiger partial charge in [-0.05, 0) is 47.9 Å². The van der Waals surface area contributed by atoms with Gasteiger partial charge in [0.1, 0.15) is 18.0 Å². The molecule has 172 valence electrons. The quantitative estimate of drug-likeness (QED) is 0.552. The van der Waals surface area contributed by atoms with Crippen LogP contribution < -0.4 is 13.8 Å². The number of carbonyl (C=O) groups excluding carboxylic acids is 2. The summed E-state index contributed by atoms with van der Waals surface area (Å²) in [4.78, 5) is 26.7. The molecule has 0 N–H and O–H groups in total. The van der Waals surface area contributed by atoms with E-state index in [0.29, 0.717) is 41.3 Å². The van der Waals surface area contributed by atoms with Crippen LogP contribution in [0.1, 0.15) is 21.5 Å². The molecule has 0 spiro atoms. The third-order valence-electron chi connectivity index (χ3n) is 5.20.